The molecule has 1 unspecified atom stereocenters. The van der Waals surface area contributed by atoms with Gasteiger partial charge in [-0.15, -0.1) is 0 Å². The van der Waals surface area contributed by atoms with Gasteiger partial charge in [0.2, 0.25) is 15.9 Å². The number of piperidine rings is 1. The molecular formula is C25H28N2O4S. The van der Waals surface area contributed by atoms with E-state index >= 15 is 0 Å². The van der Waals surface area contributed by atoms with Crippen LogP contribution in [0.3, 0.4) is 0 Å². The molecule has 3 aromatic carbocycles. The summed E-state index contributed by atoms with van der Waals surface area (Å²) in [6.45, 7) is 1.20. The van der Waals surface area contributed by atoms with Crippen LogP contribution in [0.15, 0.2) is 77.7 Å². The van der Waals surface area contributed by atoms with Gasteiger partial charge in [-0.05, 0) is 47.2 Å². The Morgan fingerprint density at radius 1 is 0.969 bits per heavy atom. The lowest BCUT2D eigenvalue weighted by Gasteiger charge is -2.34. The van der Waals surface area contributed by atoms with Gasteiger partial charge in [-0.3, -0.25) is 4.79 Å². The summed E-state index contributed by atoms with van der Waals surface area (Å²) in [6, 6.07) is 22.2. The number of rotatable bonds is 7. The van der Waals surface area contributed by atoms with E-state index in [4.69, 9.17) is 0 Å². The van der Waals surface area contributed by atoms with E-state index in [-0.39, 0.29) is 29.7 Å². The first-order valence-corrected chi connectivity index (χ1v) is 12.4. The Balaban J connectivity index is 1.27. The molecule has 2 N–H and O–H groups in total. The van der Waals surface area contributed by atoms with Gasteiger partial charge in [0.1, 0.15) is 0 Å². The monoisotopic (exact) mass is 452 g/mol. The predicted octanol–water partition coefficient (Wildman–Crippen LogP) is 3.48. The number of hydrogen-bond donors (Lipinski definition) is 2. The van der Waals surface area contributed by atoms with Crippen molar-refractivity contribution < 1.29 is 18.3 Å². The zero-order valence-corrected chi connectivity index (χ0v) is 18.7. The van der Waals surface area contributed by atoms with E-state index in [0.29, 0.717) is 13.1 Å². The minimum absolute atomic E-state index is 0.0561. The van der Waals surface area contributed by atoms with Crippen LogP contribution in [0.4, 0.5) is 0 Å². The molecule has 6 nitrogen and oxygen atoms in total. The molecule has 0 radical (unpaired) electrons. The highest BCUT2D eigenvalue weighted by atomic mass is 32.2. The first kappa shape index (κ1) is 22.5. The molecule has 1 amide bonds. The van der Waals surface area contributed by atoms with Crippen molar-refractivity contribution in [3.8, 4) is 0 Å². The number of aliphatic hydroxyl groups excluding tert-OH is 1. The third-order valence-electron chi connectivity index (χ3n) is 6.14. The van der Waals surface area contributed by atoms with Gasteiger partial charge < -0.3 is 10.0 Å². The zero-order valence-electron chi connectivity index (χ0n) is 17.9. The zero-order chi connectivity index (χ0) is 22.6. The van der Waals surface area contributed by atoms with Crippen molar-refractivity contribution in [2.45, 2.75) is 30.3 Å². The molecular weight excluding hydrogens is 424 g/mol. The topological polar surface area (TPSA) is 86.7 Å². The van der Waals surface area contributed by atoms with Gasteiger partial charge in [0.05, 0.1) is 11.0 Å². The maximum absolute atomic E-state index is 12.6. The number of carbonyl (C=O) groups excluding carboxylic acids is 1. The first-order chi connectivity index (χ1) is 15.4. The minimum Gasteiger partial charge on any atom is -0.388 e. The fraction of sp³-hybridized carbons (Fsp3) is 0.320. The fourth-order valence-electron chi connectivity index (χ4n) is 4.26. The van der Waals surface area contributed by atoms with Crippen molar-refractivity contribution >= 4 is 26.7 Å². The number of benzene rings is 3. The third kappa shape index (κ3) is 5.18. The average Bonchev–Trinajstić information content (AvgIpc) is 2.83. The predicted molar refractivity (Wildman–Crippen MR) is 124 cm³/mol. The fourth-order valence-corrected chi connectivity index (χ4v) is 5.32. The van der Waals surface area contributed by atoms with Crippen LogP contribution >= 0.6 is 0 Å². The Morgan fingerprint density at radius 3 is 2.34 bits per heavy atom. The summed E-state index contributed by atoms with van der Waals surface area (Å²) < 4.78 is 27.8. The SMILES string of the molecule is O=C(CCNS(=O)(=O)c1ccc2ccccc2c1)N1CCC(C(O)c2ccccc2)CC1. The summed E-state index contributed by atoms with van der Waals surface area (Å²) in [5.74, 6) is 0.0479. The van der Waals surface area contributed by atoms with Gasteiger partial charge in [-0.1, -0.05) is 60.7 Å². The van der Waals surface area contributed by atoms with Crippen molar-refractivity contribution in [1.82, 2.24) is 9.62 Å². The van der Waals surface area contributed by atoms with Crippen LogP contribution in [0.2, 0.25) is 0 Å². The second-order valence-corrected chi connectivity index (χ2v) is 10.00. The third-order valence-corrected chi connectivity index (χ3v) is 7.60. The van der Waals surface area contributed by atoms with Crippen LogP contribution in [-0.4, -0.2) is 44.0 Å². The summed E-state index contributed by atoms with van der Waals surface area (Å²) in [5.41, 5.74) is 0.903. The van der Waals surface area contributed by atoms with Crippen LogP contribution in [0.5, 0.6) is 0 Å². The highest BCUT2D eigenvalue weighted by Crippen LogP contribution is 2.30. The lowest BCUT2D eigenvalue weighted by Crippen LogP contribution is -2.41. The Hall–Kier alpha value is -2.74. The number of nitrogens with one attached hydrogen (secondary N) is 1. The molecule has 1 heterocycles. The highest BCUT2D eigenvalue weighted by molar-refractivity contribution is 7.89. The molecule has 0 bridgehead atoms. The van der Waals surface area contributed by atoms with Crippen molar-refractivity contribution in [3.05, 3.63) is 78.4 Å². The van der Waals surface area contributed by atoms with E-state index in [1.54, 1.807) is 23.1 Å². The van der Waals surface area contributed by atoms with Crippen molar-refractivity contribution in [1.29, 1.82) is 0 Å². The van der Waals surface area contributed by atoms with E-state index < -0.39 is 16.1 Å². The maximum Gasteiger partial charge on any atom is 0.240 e. The van der Waals surface area contributed by atoms with Gasteiger partial charge in [0.15, 0.2) is 0 Å². The normalized spacial score (nSPS) is 16.2. The number of likely N-dealkylation sites (tertiary alicyclic amines) is 1. The molecule has 32 heavy (non-hydrogen) atoms. The first-order valence-electron chi connectivity index (χ1n) is 10.9. The van der Waals surface area contributed by atoms with Crippen LogP contribution in [0, 0.1) is 5.92 Å². The molecule has 0 aliphatic carbocycles. The molecule has 7 heteroatoms. The Kier molecular flexibility index (Phi) is 6.89. The smallest absolute Gasteiger partial charge is 0.240 e. The molecule has 4 rings (SSSR count). The summed E-state index contributed by atoms with van der Waals surface area (Å²) in [4.78, 5) is 14.5. The molecule has 1 aliphatic heterocycles. The average molecular weight is 453 g/mol. The van der Waals surface area contributed by atoms with Gasteiger partial charge >= 0.3 is 0 Å². The highest BCUT2D eigenvalue weighted by Gasteiger charge is 2.28. The quantitative estimate of drug-likeness (QED) is 0.575. The van der Waals surface area contributed by atoms with E-state index in [1.165, 1.54) is 0 Å². The number of hydrogen-bond acceptors (Lipinski definition) is 4. The van der Waals surface area contributed by atoms with Gasteiger partial charge in [0, 0.05) is 26.1 Å². The van der Waals surface area contributed by atoms with Crippen molar-refractivity contribution in [2.24, 2.45) is 5.92 Å². The molecule has 1 aliphatic rings. The Labute approximate surface area is 188 Å². The molecule has 0 saturated carbocycles. The molecule has 1 saturated heterocycles. The second-order valence-electron chi connectivity index (χ2n) is 8.23. The minimum atomic E-state index is -3.68. The summed E-state index contributed by atoms with van der Waals surface area (Å²) in [7, 11) is -3.68. The molecule has 0 spiro atoms. The lowest BCUT2D eigenvalue weighted by atomic mass is 9.87. The van der Waals surface area contributed by atoms with Crippen LogP contribution in [0.1, 0.15) is 30.9 Å². The van der Waals surface area contributed by atoms with Crippen LogP contribution in [-0.2, 0) is 14.8 Å². The van der Waals surface area contributed by atoms with E-state index in [2.05, 4.69) is 4.72 Å². The number of fused-ring (bicyclic) bond motifs is 1. The number of amides is 1. The summed E-state index contributed by atoms with van der Waals surface area (Å²) in [6.07, 6.45) is 1.04. The number of sulfonamides is 1. The van der Waals surface area contributed by atoms with Gasteiger partial charge in [-0.25, -0.2) is 13.1 Å². The number of aliphatic hydroxyl groups is 1. The molecule has 1 atom stereocenters. The van der Waals surface area contributed by atoms with Crippen molar-refractivity contribution in [3.63, 3.8) is 0 Å². The standard InChI is InChI=1S/C25H28N2O4S/c28-24(27-16-13-21(14-17-27)25(29)20-7-2-1-3-8-20)12-15-26-32(30,31)23-11-10-19-6-4-5-9-22(19)18-23/h1-11,18,21,25-26,29H,12-17H2. The molecule has 168 valence electrons. The van der Waals surface area contributed by atoms with E-state index in [1.807, 2.05) is 54.6 Å². The van der Waals surface area contributed by atoms with Crippen LogP contribution in [0.25, 0.3) is 10.8 Å². The Bertz CT molecular complexity index is 1170. The largest absolute Gasteiger partial charge is 0.388 e. The van der Waals surface area contributed by atoms with Gasteiger partial charge in [-0.2, -0.15) is 0 Å². The molecule has 3 aromatic rings. The van der Waals surface area contributed by atoms with E-state index in [9.17, 15) is 18.3 Å². The summed E-state index contributed by atoms with van der Waals surface area (Å²) in [5, 5.41) is 12.4. The van der Waals surface area contributed by atoms with Gasteiger partial charge in [0.25, 0.3) is 0 Å². The van der Waals surface area contributed by atoms with Crippen LogP contribution < -0.4 is 4.72 Å². The number of nitrogens with zero attached hydrogens (tertiary/aromatic N) is 1. The lowest BCUT2D eigenvalue weighted by molar-refractivity contribution is -0.133. The molecule has 0 aromatic heterocycles. The Morgan fingerprint density at radius 2 is 1.62 bits per heavy atom. The van der Waals surface area contributed by atoms with Crippen molar-refractivity contribution in [2.75, 3.05) is 19.6 Å². The molecule has 1 fully saturated rings. The number of carbonyl (C=O) groups is 1. The second kappa shape index (κ2) is 9.81. The van der Waals surface area contributed by atoms with E-state index in [0.717, 1.165) is 29.2 Å². The summed E-state index contributed by atoms with van der Waals surface area (Å²) >= 11 is 0. The maximum atomic E-state index is 12.6.